The van der Waals surface area contributed by atoms with Gasteiger partial charge in [-0.3, -0.25) is 4.57 Å². The minimum atomic E-state index is -3.52. The Morgan fingerprint density at radius 2 is 1.43 bits per heavy atom. The molecule has 0 aromatic heterocycles. The Bertz CT molecular complexity index is 647. The molecule has 3 nitrogen and oxygen atoms in total. The van der Waals surface area contributed by atoms with Crippen molar-refractivity contribution in [1.82, 2.24) is 0 Å². The van der Waals surface area contributed by atoms with Crippen molar-refractivity contribution in [3.8, 4) is 11.1 Å². The molecule has 0 fully saturated rings. The van der Waals surface area contributed by atoms with Crippen molar-refractivity contribution in [2.24, 2.45) is 0 Å². The van der Waals surface area contributed by atoms with Crippen molar-refractivity contribution >= 4 is 7.60 Å². The second-order valence-corrected chi connectivity index (χ2v) is 7.56. The van der Waals surface area contributed by atoms with E-state index in [2.05, 4.69) is 31.2 Å². The van der Waals surface area contributed by atoms with E-state index in [4.69, 9.17) is 4.52 Å². The molecule has 0 amide bonds. The van der Waals surface area contributed by atoms with Gasteiger partial charge in [0.15, 0.2) is 0 Å². The highest BCUT2D eigenvalue weighted by Crippen LogP contribution is 2.45. The molecule has 23 heavy (non-hydrogen) atoms. The fourth-order valence-corrected chi connectivity index (χ4v) is 3.69. The molecule has 124 valence electrons. The molecule has 1 atom stereocenters. The molecule has 2 rings (SSSR count). The van der Waals surface area contributed by atoms with Gasteiger partial charge < -0.3 is 9.42 Å². The van der Waals surface area contributed by atoms with E-state index < -0.39 is 7.60 Å². The SMILES string of the molecule is CCCCc1ccc(-c2ccc(CP(=O)(O)OCC)cc2)cc1. The van der Waals surface area contributed by atoms with Crippen LogP contribution in [0.4, 0.5) is 0 Å². The van der Waals surface area contributed by atoms with E-state index in [9.17, 15) is 9.46 Å². The van der Waals surface area contributed by atoms with Crippen molar-refractivity contribution < 1.29 is 14.0 Å². The molecule has 0 saturated heterocycles. The molecule has 0 saturated carbocycles. The van der Waals surface area contributed by atoms with Crippen LogP contribution in [-0.4, -0.2) is 11.5 Å². The minimum absolute atomic E-state index is 0.0527. The van der Waals surface area contributed by atoms with Crippen molar-refractivity contribution in [2.75, 3.05) is 6.61 Å². The number of hydrogen-bond acceptors (Lipinski definition) is 2. The third-order valence-electron chi connectivity index (χ3n) is 3.77. The fraction of sp³-hybridized carbons (Fsp3) is 0.368. The highest BCUT2D eigenvalue weighted by atomic mass is 31.2. The summed E-state index contributed by atoms with van der Waals surface area (Å²) < 4.78 is 16.7. The number of unbranched alkanes of at least 4 members (excludes halogenated alkanes) is 1. The second kappa shape index (κ2) is 8.44. The Hall–Kier alpha value is -1.41. The lowest BCUT2D eigenvalue weighted by Gasteiger charge is -2.11. The predicted octanol–water partition coefficient (Wildman–Crippen LogP) is 5.42. The summed E-state index contributed by atoms with van der Waals surface area (Å²) in [6.45, 7) is 4.17. The van der Waals surface area contributed by atoms with Crippen LogP contribution in [0.25, 0.3) is 11.1 Å². The molecule has 0 aliphatic rings. The quantitative estimate of drug-likeness (QED) is 0.657. The summed E-state index contributed by atoms with van der Waals surface area (Å²) in [4.78, 5) is 9.69. The molecule has 0 bridgehead atoms. The molecule has 0 aliphatic heterocycles. The Morgan fingerprint density at radius 1 is 0.913 bits per heavy atom. The first-order valence-electron chi connectivity index (χ1n) is 8.18. The van der Waals surface area contributed by atoms with Gasteiger partial charge in [0, 0.05) is 0 Å². The molecule has 4 heteroatoms. The highest BCUT2D eigenvalue weighted by molar-refractivity contribution is 7.51. The van der Waals surface area contributed by atoms with E-state index in [0.717, 1.165) is 23.1 Å². The van der Waals surface area contributed by atoms with Gasteiger partial charge in [-0.1, -0.05) is 61.9 Å². The zero-order valence-electron chi connectivity index (χ0n) is 13.9. The monoisotopic (exact) mass is 332 g/mol. The normalized spacial score (nSPS) is 13.7. The first-order chi connectivity index (χ1) is 11.0. The largest absolute Gasteiger partial charge is 0.332 e. The number of aryl methyl sites for hydroxylation is 1. The molecular weight excluding hydrogens is 307 g/mol. The number of benzene rings is 2. The molecule has 0 radical (unpaired) electrons. The van der Waals surface area contributed by atoms with E-state index in [-0.39, 0.29) is 12.8 Å². The Kier molecular flexibility index (Phi) is 6.59. The summed E-state index contributed by atoms with van der Waals surface area (Å²) in [6.07, 6.45) is 3.60. The summed E-state index contributed by atoms with van der Waals surface area (Å²) in [6, 6.07) is 16.4. The van der Waals surface area contributed by atoms with E-state index >= 15 is 0 Å². The minimum Gasteiger partial charge on any atom is -0.324 e. The van der Waals surface area contributed by atoms with Gasteiger partial charge in [0.2, 0.25) is 0 Å². The van der Waals surface area contributed by atoms with E-state index in [1.807, 2.05) is 24.3 Å². The molecule has 2 aromatic rings. The first-order valence-corrected chi connectivity index (χ1v) is 9.95. The van der Waals surface area contributed by atoms with Crippen LogP contribution in [0.2, 0.25) is 0 Å². The van der Waals surface area contributed by atoms with E-state index in [1.54, 1.807) is 6.92 Å². The summed E-state index contributed by atoms with van der Waals surface area (Å²) in [5.41, 5.74) is 4.45. The summed E-state index contributed by atoms with van der Waals surface area (Å²) in [5, 5.41) is 0. The molecule has 0 spiro atoms. The van der Waals surface area contributed by atoms with Crippen molar-refractivity contribution in [3.63, 3.8) is 0 Å². The van der Waals surface area contributed by atoms with Gasteiger partial charge in [0.05, 0.1) is 12.8 Å². The van der Waals surface area contributed by atoms with Crippen LogP contribution in [0.1, 0.15) is 37.8 Å². The third kappa shape index (κ3) is 5.62. The maximum atomic E-state index is 11.8. The zero-order chi connectivity index (χ0) is 16.7. The van der Waals surface area contributed by atoms with Gasteiger partial charge in [0.25, 0.3) is 0 Å². The summed E-state index contributed by atoms with van der Waals surface area (Å²) >= 11 is 0. The molecular formula is C19H25O3P. The van der Waals surface area contributed by atoms with E-state index in [0.29, 0.717) is 0 Å². The summed E-state index contributed by atoms with van der Waals surface area (Å²) in [7, 11) is -3.52. The number of hydrogen-bond donors (Lipinski definition) is 1. The van der Waals surface area contributed by atoms with Crippen molar-refractivity contribution in [3.05, 3.63) is 59.7 Å². The lowest BCUT2D eigenvalue weighted by molar-refractivity contribution is 0.272. The third-order valence-corrected chi connectivity index (χ3v) is 5.20. The first kappa shape index (κ1) is 17.9. The summed E-state index contributed by atoms with van der Waals surface area (Å²) in [5.74, 6) is 0. The lowest BCUT2D eigenvalue weighted by atomic mass is 10.0. The fourth-order valence-electron chi connectivity index (χ4n) is 2.53. The van der Waals surface area contributed by atoms with Gasteiger partial charge >= 0.3 is 7.60 Å². The van der Waals surface area contributed by atoms with Gasteiger partial charge in [-0.05, 0) is 42.0 Å². The second-order valence-electron chi connectivity index (χ2n) is 5.71. The van der Waals surface area contributed by atoms with Crippen molar-refractivity contribution in [2.45, 2.75) is 39.3 Å². The lowest BCUT2D eigenvalue weighted by Crippen LogP contribution is -1.93. The van der Waals surface area contributed by atoms with Gasteiger partial charge in [0.1, 0.15) is 0 Å². The Labute approximate surface area is 138 Å². The van der Waals surface area contributed by atoms with E-state index in [1.165, 1.54) is 18.4 Å². The van der Waals surface area contributed by atoms with Gasteiger partial charge in [-0.2, -0.15) is 0 Å². The van der Waals surface area contributed by atoms with Gasteiger partial charge in [-0.15, -0.1) is 0 Å². The van der Waals surface area contributed by atoms with Crippen LogP contribution in [0.5, 0.6) is 0 Å². The predicted molar refractivity (Wildman–Crippen MR) is 95.6 cm³/mol. The molecule has 2 aromatic carbocycles. The van der Waals surface area contributed by atoms with Crippen LogP contribution in [-0.2, 0) is 21.7 Å². The maximum absolute atomic E-state index is 11.8. The Morgan fingerprint density at radius 3 is 1.91 bits per heavy atom. The Balaban J connectivity index is 2.05. The molecule has 0 heterocycles. The van der Waals surface area contributed by atoms with Crippen LogP contribution in [0.15, 0.2) is 48.5 Å². The van der Waals surface area contributed by atoms with Crippen LogP contribution < -0.4 is 0 Å². The molecule has 1 unspecified atom stereocenters. The van der Waals surface area contributed by atoms with Crippen LogP contribution in [0.3, 0.4) is 0 Å². The maximum Gasteiger partial charge on any atom is 0.332 e. The average Bonchev–Trinajstić information content (AvgIpc) is 2.54. The average molecular weight is 332 g/mol. The standard InChI is InChI=1S/C19H25O3P/c1-3-5-6-16-7-11-18(12-8-16)19-13-9-17(10-14-19)15-23(20,21)22-4-2/h7-14H,3-6,15H2,1-2H3,(H,20,21). The molecule has 0 aliphatic carbocycles. The smallest absolute Gasteiger partial charge is 0.324 e. The highest BCUT2D eigenvalue weighted by Gasteiger charge is 2.18. The van der Waals surface area contributed by atoms with Crippen molar-refractivity contribution in [1.29, 1.82) is 0 Å². The number of rotatable bonds is 8. The van der Waals surface area contributed by atoms with Crippen LogP contribution in [0, 0.1) is 0 Å². The molecule has 1 N–H and O–H groups in total. The zero-order valence-corrected chi connectivity index (χ0v) is 14.8. The topological polar surface area (TPSA) is 46.5 Å². The van der Waals surface area contributed by atoms with Gasteiger partial charge in [-0.25, -0.2) is 0 Å². The van der Waals surface area contributed by atoms with Crippen LogP contribution >= 0.6 is 7.60 Å².